The Morgan fingerprint density at radius 1 is 0.524 bits per heavy atom. The lowest BCUT2D eigenvalue weighted by atomic mass is 9.93. The van der Waals surface area contributed by atoms with E-state index in [2.05, 4.69) is 27.7 Å². The summed E-state index contributed by atoms with van der Waals surface area (Å²) < 4.78 is 0. The van der Waals surface area contributed by atoms with E-state index in [1.54, 1.807) is 0 Å². The van der Waals surface area contributed by atoms with Crippen LogP contribution in [-0.4, -0.2) is 0 Å². The summed E-state index contributed by atoms with van der Waals surface area (Å²) in [5.74, 6) is 0. The summed E-state index contributed by atoms with van der Waals surface area (Å²) in [4.78, 5) is 0. The minimum absolute atomic E-state index is 1.33. The highest BCUT2D eigenvalue weighted by atomic mass is 14.3. The zero-order chi connectivity index (χ0) is 15.5. The smallest absolute Gasteiger partial charge is 0.00966 e. The molecule has 0 heteroatoms. The van der Waals surface area contributed by atoms with Crippen LogP contribution >= 0.6 is 0 Å². The van der Waals surface area contributed by atoms with Crippen LogP contribution in [0.5, 0.6) is 0 Å². The molecule has 0 aromatic rings. The van der Waals surface area contributed by atoms with Crippen molar-refractivity contribution < 1.29 is 0 Å². The molecule has 0 atom stereocenters. The number of allylic oxidation sites excluding steroid dienone is 4. The summed E-state index contributed by atoms with van der Waals surface area (Å²) in [5.41, 5.74) is 7.26. The zero-order valence-corrected chi connectivity index (χ0v) is 15.2. The molecular formula is C21H38. The Bertz CT molecular complexity index is 309. The minimum atomic E-state index is 1.33. The van der Waals surface area contributed by atoms with Crippen molar-refractivity contribution in [2.24, 2.45) is 0 Å². The summed E-state index contributed by atoms with van der Waals surface area (Å²) in [6.45, 7) is 9.30. The van der Waals surface area contributed by atoms with Gasteiger partial charge >= 0.3 is 0 Å². The maximum Gasteiger partial charge on any atom is -0.00966 e. The van der Waals surface area contributed by atoms with Crippen molar-refractivity contribution >= 4 is 0 Å². The van der Waals surface area contributed by atoms with E-state index in [-0.39, 0.29) is 0 Å². The van der Waals surface area contributed by atoms with Gasteiger partial charge in [0.1, 0.15) is 0 Å². The lowest BCUT2D eigenvalue weighted by molar-refractivity contribution is 0.734. The van der Waals surface area contributed by atoms with Crippen LogP contribution in [-0.2, 0) is 0 Å². The molecule has 0 radical (unpaired) electrons. The molecule has 1 aliphatic carbocycles. The SMILES string of the molecule is CCCCC1=C(CCCC)C(CCCC)=C(CCCC)C1. The first-order chi connectivity index (χ1) is 10.3. The molecule has 0 aromatic heterocycles. The molecule has 21 heavy (non-hydrogen) atoms. The second kappa shape index (κ2) is 11.1. The van der Waals surface area contributed by atoms with E-state index in [0.29, 0.717) is 0 Å². The Hall–Kier alpha value is -0.520. The number of unbranched alkanes of at least 4 members (excludes halogenated alkanes) is 4. The van der Waals surface area contributed by atoms with Crippen molar-refractivity contribution in [2.75, 3.05) is 0 Å². The largest absolute Gasteiger partial charge is 0.0654 e. The van der Waals surface area contributed by atoms with Gasteiger partial charge in [-0.15, -0.1) is 0 Å². The third kappa shape index (κ3) is 6.01. The molecule has 0 amide bonds. The maximum absolute atomic E-state index is 2.33. The lowest BCUT2D eigenvalue weighted by Gasteiger charge is -2.12. The van der Waals surface area contributed by atoms with Crippen LogP contribution < -0.4 is 0 Å². The van der Waals surface area contributed by atoms with Gasteiger partial charge in [-0.3, -0.25) is 0 Å². The first-order valence-corrected chi connectivity index (χ1v) is 9.70. The minimum Gasteiger partial charge on any atom is -0.0654 e. The van der Waals surface area contributed by atoms with Gasteiger partial charge in [0, 0.05) is 0 Å². The second-order valence-corrected chi connectivity index (χ2v) is 6.76. The molecule has 0 unspecified atom stereocenters. The molecule has 0 fully saturated rings. The van der Waals surface area contributed by atoms with E-state index in [4.69, 9.17) is 0 Å². The third-order valence-electron chi connectivity index (χ3n) is 4.87. The molecule has 1 aliphatic rings. The average molecular weight is 291 g/mol. The topological polar surface area (TPSA) is 0 Å². The molecular weight excluding hydrogens is 252 g/mol. The van der Waals surface area contributed by atoms with Crippen LogP contribution in [0.15, 0.2) is 22.3 Å². The van der Waals surface area contributed by atoms with Crippen molar-refractivity contribution in [1.82, 2.24) is 0 Å². The van der Waals surface area contributed by atoms with E-state index in [1.165, 1.54) is 83.5 Å². The van der Waals surface area contributed by atoms with Crippen LogP contribution in [0.3, 0.4) is 0 Å². The number of hydrogen-bond donors (Lipinski definition) is 0. The second-order valence-electron chi connectivity index (χ2n) is 6.76. The van der Waals surface area contributed by atoms with E-state index >= 15 is 0 Å². The predicted octanol–water partition coefficient (Wildman–Crippen LogP) is 7.74. The maximum atomic E-state index is 2.33. The van der Waals surface area contributed by atoms with Gasteiger partial charge in [-0.25, -0.2) is 0 Å². The highest BCUT2D eigenvalue weighted by Crippen LogP contribution is 2.41. The highest BCUT2D eigenvalue weighted by Gasteiger charge is 2.22. The van der Waals surface area contributed by atoms with Gasteiger partial charge in [-0.1, -0.05) is 64.5 Å². The Labute approximate surface area is 134 Å². The number of hydrogen-bond acceptors (Lipinski definition) is 0. The molecule has 0 aliphatic heterocycles. The predicted molar refractivity (Wildman–Crippen MR) is 96.8 cm³/mol. The molecule has 1 rings (SSSR count). The Morgan fingerprint density at radius 2 is 0.857 bits per heavy atom. The van der Waals surface area contributed by atoms with Crippen molar-refractivity contribution in [1.29, 1.82) is 0 Å². The van der Waals surface area contributed by atoms with Gasteiger partial charge in [0.05, 0.1) is 0 Å². The van der Waals surface area contributed by atoms with Gasteiger partial charge in [0.15, 0.2) is 0 Å². The summed E-state index contributed by atoms with van der Waals surface area (Å²) in [6.07, 6.45) is 17.6. The van der Waals surface area contributed by atoms with Crippen LogP contribution in [0.4, 0.5) is 0 Å². The first kappa shape index (κ1) is 18.5. The summed E-state index contributed by atoms with van der Waals surface area (Å²) in [5, 5.41) is 0. The van der Waals surface area contributed by atoms with E-state index in [9.17, 15) is 0 Å². The monoisotopic (exact) mass is 290 g/mol. The molecule has 0 nitrogen and oxygen atoms in total. The van der Waals surface area contributed by atoms with Gasteiger partial charge in [0.25, 0.3) is 0 Å². The molecule has 122 valence electrons. The third-order valence-corrected chi connectivity index (χ3v) is 4.87. The lowest BCUT2D eigenvalue weighted by Crippen LogP contribution is -1.93. The van der Waals surface area contributed by atoms with Crippen LogP contribution in [0.25, 0.3) is 0 Å². The molecule has 0 saturated heterocycles. The fourth-order valence-electron chi connectivity index (χ4n) is 3.52. The van der Waals surface area contributed by atoms with Gasteiger partial charge in [-0.2, -0.15) is 0 Å². The van der Waals surface area contributed by atoms with Crippen molar-refractivity contribution in [3.05, 3.63) is 22.3 Å². The van der Waals surface area contributed by atoms with Crippen LogP contribution in [0.2, 0.25) is 0 Å². The average Bonchev–Trinajstić information content (AvgIpc) is 2.83. The fourth-order valence-corrected chi connectivity index (χ4v) is 3.52. The Morgan fingerprint density at radius 3 is 1.19 bits per heavy atom. The summed E-state index contributed by atoms with van der Waals surface area (Å²) >= 11 is 0. The Balaban J connectivity index is 2.87. The van der Waals surface area contributed by atoms with Crippen molar-refractivity contribution in [2.45, 2.75) is 111 Å². The van der Waals surface area contributed by atoms with E-state index < -0.39 is 0 Å². The van der Waals surface area contributed by atoms with Crippen LogP contribution in [0.1, 0.15) is 111 Å². The molecule has 0 spiro atoms. The molecule has 0 saturated carbocycles. The summed E-state index contributed by atoms with van der Waals surface area (Å²) in [7, 11) is 0. The van der Waals surface area contributed by atoms with Crippen molar-refractivity contribution in [3.8, 4) is 0 Å². The van der Waals surface area contributed by atoms with Crippen LogP contribution in [0, 0.1) is 0 Å². The molecule has 0 N–H and O–H groups in total. The quantitative estimate of drug-likeness (QED) is 0.345. The standard InChI is InChI=1S/C21H38/c1-5-9-13-18-17-19(14-10-6-2)21(16-12-8-4)20(18)15-11-7-3/h5-17H2,1-4H3. The van der Waals surface area contributed by atoms with Gasteiger partial charge in [0.2, 0.25) is 0 Å². The van der Waals surface area contributed by atoms with Crippen molar-refractivity contribution in [3.63, 3.8) is 0 Å². The fraction of sp³-hybridized carbons (Fsp3) is 0.810. The van der Waals surface area contributed by atoms with E-state index in [0.717, 1.165) is 0 Å². The normalized spacial score (nSPS) is 15.4. The molecule has 0 heterocycles. The molecule has 0 aromatic carbocycles. The zero-order valence-electron chi connectivity index (χ0n) is 15.2. The molecule has 0 bridgehead atoms. The van der Waals surface area contributed by atoms with Gasteiger partial charge in [-0.05, 0) is 68.9 Å². The van der Waals surface area contributed by atoms with E-state index in [1.807, 2.05) is 22.3 Å². The van der Waals surface area contributed by atoms with Gasteiger partial charge < -0.3 is 0 Å². The number of rotatable bonds is 12. The highest BCUT2D eigenvalue weighted by molar-refractivity contribution is 5.47. The summed E-state index contributed by atoms with van der Waals surface area (Å²) in [6, 6.07) is 0. The first-order valence-electron chi connectivity index (χ1n) is 9.70. The Kier molecular flexibility index (Phi) is 9.79.